The van der Waals surface area contributed by atoms with Gasteiger partial charge in [0.05, 0.1) is 29.6 Å². The summed E-state index contributed by atoms with van der Waals surface area (Å²) in [5.74, 6) is 2.33. The van der Waals surface area contributed by atoms with Gasteiger partial charge in [0.15, 0.2) is 0 Å². The minimum Gasteiger partial charge on any atom is -0.467 e. The van der Waals surface area contributed by atoms with Gasteiger partial charge in [-0.3, -0.25) is 4.79 Å². The highest BCUT2D eigenvalue weighted by Crippen LogP contribution is 2.45. The third-order valence-corrected chi connectivity index (χ3v) is 8.54. The first kappa shape index (κ1) is 25.8. The number of rotatable bonds is 6. The van der Waals surface area contributed by atoms with Crippen LogP contribution in [0.2, 0.25) is 10.0 Å². The van der Waals surface area contributed by atoms with E-state index < -0.39 is 0 Å². The van der Waals surface area contributed by atoms with E-state index in [1.165, 1.54) is 4.88 Å². The first-order valence-corrected chi connectivity index (χ1v) is 13.8. The quantitative estimate of drug-likeness (QED) is 0.242. The second-order valence-corrected chi connectivity index (χ2v) is 12.3. The van der Waals surface area contributed by atoms with Crippen LogP contribution in [0.15, 0.2) is 62.6 Å². The van der Waals surface area contributed by atoms with Crippen molar-refractivity contribution in [2.45, 2.75) is 46.6 Å². The number of amides is 1. The fourth-order valence-electron chi connectivity index (χ4n) is 4.68. The number of benzene rings is 1. The van der Waals surface area contributed by atoms with Gasteiger partial charge in [-0.25, -0.2) is 4.99 Å². The van der Waals surface area contributed by atoms with Gasteiger partial charge in [0, 0.05) is 15.5 Å². The lowest BCUT2D eigenvalue weighted by atomic mass is 9.72. The molecule has 1 atom stereocenters. The molecular formula is C29H28Cl2N2O3S. The second-order valence-electron chi connectivity index (χ2n) is 10.3. The summed E-state index contributed by atoms with van der Waals surface area (Å²) in [5.41, 5.74) is 2.73. The van der Waals surface area contributed by atoms with Gasteiger partial charge in [-0.05, 0) is 78.6 Å². The Balaban J connectivity index is 1.44. The Bertz CT molecular complexity index is 1440. The average molecular weight is 556 g/mol. The number of fused-ring (bicyclic) bond motifs is 1. The molecule has 37 heavy (non-hydrogen) atoms. The Morgan fingerprint density at radius 1 is 1.22 bits per heavy atom. The van der Waals surface area contributed by atoms with Gasteiger partial charge < -0.3 is 14.2 Å². The van der Waals surface area contributed by atoms with Crippen LogP contribution in [-0.4, -0.2) is 12.1 Å². The summed E-state index contributed by atoms with van der Waals surface area (Å²) in [6.07, 6.45) is 6.14. The highest BCUT2D eigenvalue weighted by molar-refractivity contribution is 7.16. The molecule has 1 N–H and O–H groups in total. The highest BCUT2D eigenvalue weighted by atomic mass is 35.5. The number of carbonyl (C=O) groups is 1. The van der Waals surface area contributed by atoms with Crippen LogP contribution in [0.3, 0.4) is 0 Å². The van der Waals surface area contributed by atoms with Crippen molar-refractivity contribution in [3.05, 3.63) is 86.3 Å². The molecule has 5 rings (SSSR count). The van der Waals surface area contributed by atoms with E-state index in [1.807, 2.05) is 30.3 Å². The predicted octanol–water partition coefficient (Wildman–Crippen LogP) is 8.74. The molecule has 0 saturated carbocycles. The summed E-state index contributed by atoms with van der Waals surface area (Å²) in [5, 5.41) is 4.78. The van der Waals surface area contributed by atoms with E-state index in [2.05, 4.69) is 26.1 Å². The lowest BCUT2D eigenvalue weighted by Gasteiger charge is -2.33. The van der Waals surface area contributed by atoms with Gasteiger partial charge in [0.2, 0.25) is 0 Å². The first-order chi connectivity index (χ1) is 17.7. The fraction of sp³-hybridized carbons (Fsp3) is 0.310. The molecule has 0 saturated heterocycles. The van der Waals surface area contributed by atoms with Crippen molar-refractivity contribution >= 4 is 51.7 Å². The molecule has 0 unspecified atom stereocenters. The van der Waals surface area contributed by atoms with Crippen LogP contribution in [-0.2, 0) is 19.4 Å². The minimum absolute atomic E-state index is 0.136. The zero-order chi connectivity index (χ0) is 26.2. The number of thiophene rings is 1. The first-order valence-electron chi connectivity index (χ1n) is 12.2. The standard InChI is InChI=1S/C29H28Cl2N2O3S/c1-29(2,3)17-6-9-22-25(13-17)37-28(26(22)27(34)32-15-19-5-4-12-35-19)33-16-20-8-11-24(36-20)21-10-7-18(30)14-23(21)31/h4-5,7-8,10-12,14,16-17H,6,9,13,15H2,1-3H3,(H,32,34)/t17-/m1/s1. The molecule has 0 aliphatic heterocycles. The molecule has 4 aromatic rings. The smallest absolute Gasteiger partial charge is 0.255 e. The zero-order valence-corrected chi connectivity index (χ0v) is 23.3. The number of aliphatic imine (C=N–C) groups is 1. The van der Waals surface area contributed by atoms with Crippen molar-refractivity contribution in [3.63, 3.8) is 0 Å². The molecule has 1 aliphatic rings. The van der Waals surface area contributed by atoms with Crippen LogP contribution < -0.4 is 5.32 Å². The van der Waals surface area contributed by atoms with E-state index in [9.17, 15) is 4.79 Å². The van der Waals surface area contributed by atoms with E-state index in [0.29, 0.717) is 50.4 Å². The molecule has 0 fully saturated rings. The number of hydrogen-bond acceptors (Lipinski definition) is 5. The van der Waals surface area contributed by atoms with Crippen molar-refractivity contribution in [2.24, 2.45) is 16.3 Å². The minimum atomic E-state index is -0.136. The molecule has 3 heterocycles. The van der Waals surface area contributed by atoms with E-state index in [4.69, 9.17) is 37.0 Å². The molecular weight excluding hydrogens is 527 g/mol. The summed E-state index contributed by atoms with van der Waals surface area (Å²) in [6.45, 7) is 7.18. The Hall–Kier alpha value is -2.80. The van der Waals surface area contributed by atoms with E-state index >= 15 is 0 Å². The maximum atomic E-state index is 13.4. The highest BCUT2D eigenvalue weighted by Gasteiger charge is 2.33. The molecule has 1 amide bonds. The number of hydrogen-bond donors (Lipinski definition) is 1. The monoisotopic (exact) mass is 554 g/mol. The normalized spacial score (nSPS) is 15.8. The van der Waals surface area contributed by atoms with Crippen LogP contribution in [0.1, 0.15) is 59.5 Å². The lowest BCUT2D eigenvalue weighted by molar-refractivity contribution is 0.0947. The average Bonchev–Trinajstić information content (AvgIpc) is 3.60. The van der Waals surface area contributed by atoms with Gasteiger partial charge in [-0.1, -0.05) is 44.0 Å². The lowest BCUT2D eigenvalue weighted by Crippen LogP contribution is -2.28. The van der Waals surface area contributed by atoms with Gasteiger partial charge in [-0.15, -0.1) is 11.3 Å². The van der Waals surface area contributed by atoms with Crippen LogP contribution >= 0.6 is 34.5 Å². The van der Waals surface area contributed by atoms with Crippen molar-refractivity contribution in [1.82, 2.24) is 5.32 Å². The number of furan rings is 2. The molecule has 192 valence electrons. The zero-order valence-electron chi connectivity index (χ0n) is 20.9. The number of nitrogens with zero attached hydrogens (tertiary/aromatic N) is 1. The Morgan fingerprint density at radius 3 is 2.78 bits per heavy atom. The summed E-state index contributed by atoms with van der Waals surface area (Å²) < 4.78 is 11.4. The summed E-state index contributed by atoms with van der Waals surface area (Å²) >= 11 is 14.0. The molecule has 1 aliphatic carbocycles. The van der Waals surface area contributed by atoms with Crippen LogP contribution in [0.4, 0.5) is 5.00 Å². The van der Waals surface area contributed by atoms with Crippen molar-refractivity contribution in [2.75, 3.05) is 0 Å². The summed E-state index contributed by atoms with van der Waals surface area (Å²) in [7, 11) is 0. The number of nitrogens with one attached hydrogen (secondary N) is 1. The van der Waals surface area contributed by atoms with Crippen molar-refractivity contribution < 1.29 is 13.6 Å². The molecule has 3 aromatic heterocycles. The molecule has 1 aromatic carbocycles. The van der Waals surface area contributed by atoms with Crippen molar-refractivity contribution in [3.8, 4) is 11.3 Å². The van der Waals surface area contributed by atoms with Gasteiger partial charge in [0.25, 0.3) is 5.91 Å². The van der Waals surface area contributed by atoms with Crippen LogP contribution in [0, 0.1) is 11.3 Å². The van der Waals surface area contributed by atoms with E-state index in [-0.39, 0.29) is 11.3 Å². The number of carbonyl (C=O) groups excluding carboxylic acids is 1. The maximum absolute atomic E-state index is 13.4. The SMILES string of the molecule is CC(C)(C)[C@@H]1CCc2c(sc(N=Cc3ccc(-c4ccc(Cl)cc4Cl)o3)c2C(=O)NCc2ccco2)C1. The van der Waals surface area contributed by atoms with Crippen LogP contribution in [0.5, 0.6) is 0 Å². The summed E-state index contributed by atoms with van der Waals surface area (Å²) in [4.78, 5) is 19.4. The summed E-state index contributed by atoms with van der Waals surface area (Å²) in [6, 6.07) is 12.6. The molecule has 0 spiro atoms. The molecule has 0 radical (unpaired) electrons. The van der Waals surface area contributed by atoms with Gasteiger partial charge >= 0.3 is 0 Å². The van der Waals surface area contributed by atoms with Crippen LogP contribution in [0.25, 0.3) is 11.3 Å². The Kier molecular flexibility index (Phi) is 7.35. The topological polar surface area (TPSA) is 67.7 Å². The number of halogens is 2. The Morgan fingerprint density at radius 2 is 2.05 bits per heavy atom. The third kappa shape index (κ3) is 5.71. The Labute approximate surface area is 230 Å². The van der Waals surface area contributed by atoms with Gasteiger partial charge in [0.1, 0.15) is 22.3 Å². The molecule has 0 bridgehead atoms. The van der Waals surface area contributed by atoms with E-state index in [1.54, 1.807) is 35.9 Å². The maximum Gasteiger partial charge on any atom is 0.255 e. The van der Waals surface area contributed by atoms with Gasteiger partial charge in [-0.2, -0.15) is 0 Å². The fourth-order valence-corrected chi connectivity index (χ4v) is 6.45. The molecule has 5 nitrogen and oxygen atoms in total. The third-order valence-electron chi connectivity index (χ3n) is 6.83. The van der Waals surface area contributed by atoms with E-state index in [0.717, 1.165) is 30.4 Å². The van der Waals surface area contributed by atoms with Crippen molar-refractivity contribution in [1.29, 1.82) is 0 Å². The predicted molar refractivity (Wildman–Crippen MR) is 151 cm³/mol. The second kappa shape index (κ2) is 10.5. The largest absolute Gasteiger partial charge is 0.467 e. The molecule has 8 heteroatoms.